The minimum absolute atomic E-state index is 0.201. The van der Waals surface area contributed by atoms with Gasteiger partial charge in [-0.1, -0.05) is 23.7 Å². The van der Waals surface area contributed by atoms with Crippen molar-refractivity contribution < 1.29 is 4.79 Å². The Labute approximate surface area is 179 Å². The molecule has 2 aromatic heterocycles. The number of fused-ring (bicyclic) bond motifs is 1. The molecule has 0 aliphatic carbocycles. The summed E-state index contributed by atoms with van der Waals surface area (Å²) in [6.45, 7) is 2.32. The van der Waals surface area contributed by atoms with E-state index in [1.807, 2.05) is 24.3 Å². The number of hydrogen-bond donors (Lipinski definition) is 5. The molecular weight excluding hydrogens is 402 g/mol. The zero-order chi connectivity index (χ0) is 21.2. The average Bonchev–Trinajstić information content (AvgIpc) is 3.18. The normalized spacial score (nSPS) is 11.4. The fraction of sp³-hybridized carbons (Fsp3) is 0.238. The lowest BCUT2D eigenvalue weighted by atomic mass is 10.2. The van der Waals surface area contributed by atoms with Crippen molar-refractivity contribution in [2.24, 2.45) is 0 Å². The number of para-hydroxylation sites is 2. The maximum atomic E-state index is 12.2. The highest BCUT2D eigenvalue weighted by Crippen LogP contribution is 2.11. The quantitative estimate of drug-likeness (QED) is 0.183. The Bertz CT molecular complexity index is 998. The van der Waals surface area contributed by atoms with Gasteiger partial charge in [0.25, 0.3) is 5.91 Å². The molecule has 0 fully saturated rings. The highest BCUT2D eigenvalue weighted by molar-refractivity contribution is 6.31. The van der Waals surface area contributed by atoms with Gasteiger partial charge >= 0.3 is 0 Å². The van der Waals surface area contributed by atoms with Gasteiger partial charge in [0.1, 0.15) is 5.82 Å². The molecule has 156 valence electrons. The lowest BCUT2D eigenvalue weighted by Gasteiger charge is -2.07. The maximum absolute atomic E-state index is 12.2. The van der Waals surface area contributed by atoms with Gasteiger partial charge < -0.3 is 26.3 Å². The predicted molar refractivity (Wildman–Crippen MR) is 119 cm³/mol. The number of benzene rings is 1. The first kappa shape index (κ1) is 21.5. The van der Waals surface area contributed by atoms with E-state index < -0.39 is 0 Å². The van der Waals surface area contributed by atoms with Crippen LogP contribution in [0, 0.1) is 5.41 Å². The minimum atomic E-state index is -0.364. The number of H-pyrrole nitrogens is 1. The van der Waals surface area contributed by atoms with E-state index in [2.05, 4.69) is 30.9 Å². The molecule has 0 atom stereocenters. The van der Waals surface area contributed by atoms with E-state index in [4.69, 9.17) is 17.0 Å². The number of carbonyl (C=O) groups excluding carboxylic acids is 1. The van der Waals surface area contributed by atoms with Crippen LogP contribution in [0.2, 0.25) is 5.02 Å². The molecule has 8 nitrogen and oxygen atoms in total. The van der Waals surface area contributed by atoms with Gasteiger partial charge in [0.15, 0.2) is 0 Å². The van der Waals surface area contributed by atoms with Crippen LogP contribution in [-0.2, 0) is 17.8 Å². The molecule has 0 spiro atoms. The lowest BCUT2D eigenvalue weighted by molar-refractivity contribution is -0.117. The molecule has 0 aliphatic heterocycles. The highest BCUT2D eigenvalue weighted by Gasteiger charge is 2.08. The van der Waals surface area contributed by atoms with Gasteiger partial charge in [0, 0.05) is 44.7 Å². The second-order valence-corrected chi connectivity index (χ2v) is 6.92. The topological polar surface area (TPSA) is 119 Å². The minimum Gasteiger partial charge on any atom is -0.389 e. The number of nitrogens with one attached hydrogen (secondary N) is 5. The molecule has 1 aromatic carbocycles. The van der Waals surface area contributed by atoms with Crippen LogP contribution in [0.3, 0.4) is 0 Å². The van der Waals surface area contributed by atoms with E-state index in [9.17, 15) is 4.79 Å². The number of halogens is 1. The van der Waals surface area contributed by atoms with Crippen molar-refractivity contribution in [2.45, 2.75) is 13.0 Å². The molecule has 3 rings (SSSR count). The zero-order valence-electron chi connectivity index (χ0n) is 16.4. The molecule has 9 heteroatoms. The summed E-state index contributed by atoms with van der Waals surface area (Å²) in [4.78, 5) is 24.2. The number of aromatic amines is 1. The Hall–Kier alpha value is -3.23. The Morgan fingerprint density at radius 3 is 2.83 bits per heavy atom. The number of aromatic nitrogens is 3. The third kappa shape index (κ3) is 6.13. The molecule has 0 saturated carbocycles. The molecule has 1 amide bonds. The molecule has 3 aromatic rings. The second-order valence-electron chi connectivity index (χ2n) is 6.51. The molecule has 0 saturated heterocycles. The molecule has 2 heterocycles. The molecular formula is C21H24ClN7O. The first-order chi connectivity index (χ1) is 14.7. The van der Waals surface area contributed by atoms with Crippen LogP contribution < -0.4 is 16.0 Å². The van der Waals surface area contributed by atoms with Gasteiger partial charge in [-0.05, 0) is 24.3 Å². The Morgan fingerprint density at radius 1 is 1.17 bits per heavy atom. The smallest absolute Gasteiger partial charge is 0.254 e. The largest absolute Gasteiger partial charge is 0.389 e. The standard InChI is InChI=1S/C21H24ClN7O/c22-16-4-3-8-26-19(16)14-27-21(30)15(12-23)13-25-11-10-24-9-7-20-28-17-5-1-2-6-18(17)29-20/h1-6,8,12-13,23-25H,7,9-11,14H2,(H,27,30)(H,28,29)/b15-13+,23-12?. The van der Waals surface area contributed by atoms with Gasteiger partial charge in [-0.2, -0.15) is 0 Å². The lowest BCUT2D eigenvalue weighted by Crippen LogP contribution is -2.29. The summed E-state index contributed by atoms with van der Waals surface area (Å²) in [6, 6.07) is 11.4. The van der Waals surface area contributed by atoms with Crippen LogP contribution in [-0.4, -0.2) is 46.7 Å². The number of amides is 1. The summed E-state index contributed by atoms with van der Waals surface area (Å²) in [5, 5.41) is 17.0. The van der Waals surface area contributed by atoms with Crippen LogP contribution in [0.5, 0.6) is 0 Å². The summed E-state index contributed by atoms with van der Waals surface area (Å²) in [5.41, 5.74) is 2.83. The molecule has 0 radical (unpaired) electrons. The van der Waals surface area contributed by atoms with E-state index in [1.54, 1.807) is 18.3 Å². The third-order valence-corrected chi connectivity index (χ3v) is 4.69. The second kappa shape index (κ2) is 11.1. The molecule has 0 aliphatic rings. The van der Waals surface area contributed by atoms with Gasteiger partial charge in [-0.25, -0.2) is 4.98 Å². The fourth-order valence-electron chi connectivity index (χ4n) is 2.79. The van der Waals surface area contributed by atoms with Crippen LogP contribution in [0.4, 0.5) is 0 Å². The van der Waals surface area contributed by atoms with Gasteiger partial charge in [0.05, 0.1) is 33.9 Å². The number of hydrogen-bond acceptors (Lipinski definition) is 6. The zero-order valence-corrected chi connectivity index (χ0v) is 17.2. The summed E-state index contributed by atoms with van der Waals surface area (Å²) < 4.78 is 0. The van der Waals surface area contributed by atoms with Crippen molar-refractivity contribution in [3.63, 3.8) is 0 Å². The molecule has 5 N–H and O–H groups in total. The van der Waals surface area contributed by atoms with E-state index in [1.165, 1.54) is 6.20 Å². The van der Waals surface area contributed by atoms with Crippen LogP contribution in [0.15, 0.2) is 54.4 Å². The van der Waals surface area contributed by atoms with E-state index in [-0.39, 0.29) is 18.0 Å². The van der Waals surface area contributed by atoms with Crippen LogP contribution in [0.25, 0.3) is 11.0 Å². The highest BCUT2D eigenvalue weighted by atomic mass is 35.5. The first-order valence-corrected chi connectivity index (χ1v) is 10.0. The van der Waals surface area contributed by atoms with Gasteiger partial charge in [-0.15, -0.1) is 0 Å². The number of imidazole rings is 1. The Morgan fingerprint density at radius 2 is 2.03 bits per heavy atom. The third-order valence-electron chi connectivity index (χ3n) is 4.35. The van der Waals surface area contributed by atoms with Gasteiger partial charge in [0.2, 0.25) is 0 Å². The predicted octanol–water partition coefficient (Wildman–Crippen LogP) is 2.18. The Balaban J connectivity index is 1.34. The summed E-state index contributed by atoms with van der Waals surface area (Å²) in [7, 11) is 0. The van der Waals surface area contributed by atoms with Crippen LogP contribution in [0.1, 0.15) is 11.5 Å². The van der Waals surface area contributed by atoms with Crippen molar-refractivity contribution in [1.29, 1.82) is 5.41 Å². The van der Waals surface area contributed by atoms with Crippen molar-refractivity contribution in [1.82, 2.24) is 30.9 Å². The van der Waals surface area contributed by atoms with E-state index in [0.29, 0.717) is 23.8 Å². The Kier molecular flexibility index (Phi) is 7.94. The van der Waals surface area contributed by atoms with E-state index in [0.717, 1.165) is 36.0 Å². The number of carbonyl (C=O) groups is 1. The summed E-state index contributed by atoms with van der Waals surface area (Å²) in [5.74, 6) is 0.587. The SMILES string of the molecule is N=C/C(=C\NCCNCCc1nc2ccccc2[nH]1)C(=O)NCc1ncccc1Cl. The molecule has 0 bridgehead atoms. The number of rotatable bonds is 11. The monoisotopic (exact) mass is 425 g/mol. The van der Waals surface area contributed by atoms with Crippen molar-refractivity contribution in [3.8, 4) is 0 Å². The summed E-state index contributed by atoms with van der Waals surface area (Å²) in [6.07, 6.45) is 4.96. The van der Waals surface area contributed by atoms with Crippen molar-refractivity contribution in [3.05, 3.63) is 70.9 Å². The van der Waals surface area contributed by atoms with Crippen molar-refractivity contribution >= 4 is 34.8 Å². The number of nitrogens with zero attached hydrogens (tertiary/aromatic N) is 2. The molecule has 0 unspecified atom stereocenters. The summed E-state index contributed by atoms with van der Waals surface area (Å²) >= 11 is 6.03. The van der Waals surface area contributed by atoms with Crippen molar-refractivity contribution in [2.75, 3.05) is 19.6 Å². The van der Waals surface area contributed by atoms with Crippen LogP contribution >= 0.6 is 11.6 Å². The maximum Gasteiger partial charge on any atom is 0.254 e. The fourth-order valence-corrected chi connectivity index (χ4v) is 2.97. The first-order valence-electron chi connectivity index (χ1n) is 9.63. The van der Waals surface area contributed by atoms with Gasteiger partial charge in [-0.3, -0.25) is 9.78 Å². The van der Waals surface area contributed by atoms with E-state index >= 15 is 0 Å². The average molecular weight is 426 g/mol. The molecule has 30 heavy (non-hydrogen) atoms. The number of pyridine rings is 1.